The summed E-state index contributed by atoms with van der Waals surface area (Å²) in [5, 5.41) is 4.17. The Labute approximate surface area is 93.0 Å². The van der Waals surface area contributed by atoms with Gasteiger partial charge in [0.05, 0.1) is 0 Å². The van der Waals surface area contributed by atoms with Gasteiger partial charge in [0, 0.05) is 0 Å². The minimum absolute atomic E-state index is 0.862. The summed E-state index contributed by atoms with van der Waals surface area (Å²) in [5.41, 5.74) is 1.41. The number of hydrogen-bond donors (Lipinski definition) is 0. The summed E-state index contributed by atoms with van der Waals surface area (Å²) in [4.78, 5) is 0. The second-order valence-electron chi connectivity index (χ2n) is 3.11. The standard InChI is InChI=1S/C11H10IP/c1-8-6-9-4-2-3-5-10(9)7-11(8)13-12/h2-7,13H,1H3. The molecular formula is C11H10IP. The highest BCUT2D eigenvalue weighted by atomic mass is 127. The first kappa shape index (κ1) is 9.42. The Hall–Kier alpha value is -0.140. The molecule has 2 heteroatoms. The Balaban J connectivity index is 2.74. The van der Waals surface area contributed by atoms with Crippen molar-refractivity contribution in [2.75, 3.05) is 0 Å². The van der Waals surface area contributed by atoms with Crippen LogP contribution < -0.4 is 5.30 Å². The van der Waals surface area contributed by atoms with Crippen molar-refractivity contribution in [1.29, 1.82) is 0 Å². The number of fused-ring (bicyclic) bond motifs is 1. The Morgan fingerprint density at radius 2 is 1.69 bits per heavy atom. The van der Waals surface area contributed by atoms with Gasteiger partial charge >= 0.3 is 0 Å². The smallest absolute Gasteiger partial charge is 0.0134 e. The van der Waals surface area contributed by atoms with Gasteiger partial charge in [0.1, 0.15) is 0 Å². The first-order valence-electron chi connectivity index (χ1n) is 4.17. The van der Waals surface area contributed by atoms with E-state index in [0.29, 0.717) is 0 Å². The second kappa shape index (κ2) is 3.93. The van der Waals surface area contributed by atoms with Gasteiger partial charge in [-0.15, -0.1) is 0 Å². The largest absolute Gasteiger partial charge is 0.0616 e. The van der Waals surface area contributed by atoms with Gasteiger partial charge in [-0.25, -0.2) is 0 Å². The Morgan fingerprint density at radius 1 is 1.08 bits per heavy atom. The predicted octanol–water partition coefficient (Wildman–Crippen LogP) is 3.80. The average molecular weight is 300 g/mol. The highest BCUT2D eigenvalue weighted by molar-refractivity contribution is 14.2. The lowest BCUT2D eigenvalue weighted by atomic mass is 10.1. The van der Waals surface area contributed by atoms with E-state index in [2.05, 4.69) is 65.4 Å². The molecule has 0 aliphatic heterocycles. The number of aryl methyl sites for hydroxylation is 1. The van der Waals surface area contributed by atoms with Crippen molar-refractivity contribution < 1.29 is 0 Å². The fourth-order valence-electron chi connectivity index (χ4n) is 1.46. The van der Waals surface area contributed by atoms with Crippen molar-refractivity contribution in [3.8, 4) is 0 Å². The van der Waals surface area contributed by atoms with Crippen LogP contribution in [0.15, 0.2) is 36.4 Å². The van der Waals surface area contributed by atoms with E-state index in [1.54, 1.807) is 0 Å². The van der Waals surface area contributed by atoms with E-state index in [1.165, 1.54) is 21.6 Å². The highest BCUT2D eigenvalue weighted by Crippen LogP contribution is 2.25. The normalized spacial score (nSPS) is 11.5. The maximum Gasteiger partial charge on any atom is -0.0134 e. The van der Waals surface area contributed by atoms with Crippen molar-refractivity contribution in [3.05, 3.63) is 42.0 Å². The van der Waals surface area contributed by atoms with Crippen LogP contribution in [-0.2, 0) is 0 Å². The van der Waals surface area contributed by atoms with E-state index in [9.17, 15) is 0 Å². The van der Waals surface area contributed by atoms with Gasteiger partial charge in [0.2, 0.25) is 0 Å². The summed E-state index contributed by atoms with van der Waals surface area (Å²) in [5.74, 6) is 0. The molecule has 0 spiro atoms. The lowest BCUT2D eigenvalue weighted by molar-refractivity contribution is 1.55. The summed E-state index contributed by atoms with van der Waals surface area (Å²) in [6.45, 7) is 2.19. The lowest BCUT2D eigenvalue weighted by Crippen LogP contribution is -1.97. The van der Waals surface area contributed by atoms with Crippen LogP contribution in [0, 0.1) is 6.92 Å². The monoisotopic (exact) mass is 300 g/mol. The van der Waals surface area contributed by atoms with E-state index in [-0.39, 0.29) is 0 Å². The van der Waals surface area contributed by atoms with E-state index in [1.807, 2.05) is 0 Å². The van der Waals surface area contributed by atoms with Gasteiger partial charge in [0.25, 0.3) is 0 Å². The quantitative estimate of drug-likeness (QED) is 0.555. The molecule has 2 rings (SSSR count). The zero-order valence-electron chi connectivity index (χ0n) is 7.34. The Morgan fingerprint density at radius 3 is 2.31 bits per heavy atom. The number of benzene rings is 2. The molecule has 0 amide bonds. The molecule has 0 saturated heterocycles. The van der Waals surface area contributed by atoms with Crippen LogP contribution >= 0.6 is 28.3 Å². The van der Waals surface area contributed by atoms with Crippen molar-refractivity contribution in [3.63, 3.8) is 0 Å². The van der Waals surface area contributed by atoms with Gasteiger partial charge in [0.15, 0.2) is 0 Å². The molecule has 13 heavy (non-hydrogen) atoms. The SMILES string of the molecule is Cc1cc2ccccc2cc1PI. The van der Waals surface area contributed by atoms with Gasteiger partial charge in [-0.05, 0) is 40.9 Å². The van der Waals surface area contributed by atoms with E-state index in [0.717, 1.165) is 6.22 Å². The van der Waals surface area contributed by atoms with Crippen LogP contribution in [0.1, 0.15) is 5.56 Å². The zero-order chi connectivity index (χ0) is 9.26. The van der Waals surface area contributed by atoms with Crippen LogP contribution in [0.3, 0.4) is 0 Å². The molecular weight excluding hydrogens is 290 g/mol. The minimum Gasteiger partial charge on any atom is -0.0616 e. The highest BCUT2D eigenvalue weighted by Gasteiger charge is 1.98. The van der Waals surface area contributed by atoms with Gasteiger partial charge in [-0.1, -0.05) is 52.4 Å². The minimum atomic E-state index is 0.862. The number of halogens is 1. The summed E-state index contributed by atoms with van der Waals surface area (Å²) < 4.78 is 0. The maximum atomic E-state index is 2.44. The van der Waals surface area contributed by atoms with Crippen LogP contribution in [0.2, 0.25) is 0 Å². The van der Waals surface area contributed by atoms with Crippen LogP contribution in [0.25, 0.3) is 10.8 Å². The number of hydrogen-bond acceptors (Lipinski definition) is 0. The van der Waals surface area contributed by atoms with Crippen LogP contribution in [0.5, 0.6) is 0 Å². The summed E-state index contributed by atoms with van der Waals surface area (Å²) >= 11 is 2.44. The summed E-state index contributed by atoms with van der Waals surface area (Å²) in [6, 6.07) is 13.1. The third kappa shape index (κ3) is 1.87. The molecule has 2 aromatic rings. The Kier molecular flexibility index (Phi) is 2.85. The molecule has 1 unspecified atom stereocenters. The third-order valence-corrected chi connectivity index (χ3v) is 4.68. The summed E-state index contributed by atoms with van der Waals surface area (Å²) in [7, 11) is 0. The maximum absolute atomic E-state index is 2.44. The van der Waals surface area contributed by atoms with Gasteiger partial charge in [-0.2, -0.15) is 0 Å². The molecule has 66 valence electrons. The molecule has 0 saturated carbocycles. The van der Waals surface area contributed by atoms with Crippen molar-refractivity contribution >= 4 is 44.3 Å². The molecule has 0 bridgehead atoms. The molecule has 0 heterocycles. The van der Waals surface area contributed by atoms with Gasteiger partial charge in [-0.3, -0.25) is 0 Å². The summed E-state index contributed by atoms with van der Waals surface area (Å²) in [6.07, 6.45) is 0.862. The average Bonchev–Trinajstić information content (AvgIpc) is 2.17. The Bertz CT molecular complexity index is 437. The fraction of sp³-hybridized carbons (Fsp3) is 0.0909. The molecule has 0 aliphatic rings. The molecule has 0 aliphatic carbocycles. The van der Waals surface area contributed by atoms with E-state index >= 15 is 0 Å². The fourth-order valence-corrected chi connectivity index (χ4v) is 3.63. The predicted molar refractivity (Wildman–Crippen MR) is 70.7 cm³/mol. The third-order valence-electron chi connectivity index (χ3n) is 2.19. The topological polar surface area (TPSA) is 0 Å². The van der Waals surface area contributed by atoms with Crippen molar-refractivity contribution in [2.24, 2.45) is 0 Å². The second-order valence-corrected chi connectivity index (χ2v) is 5.45. The molecule has 0 N–H and O–H groups in total. The van der Waals surface area contributed by atoms with E-state index in [4.69, 9.17) is 0 Å². The van der Waals surface area contributed by atoms with Crippen LogP contribution in [-0.4, -0.2) is 0 Å². The van der Waals surface area contributed by atoms with Gasteiger partial charge < -0.3 is 0 Å². The van der Waals surface area contributed by atoms with Crippen LogP contribution in [0.4, 0.5) is 0 Å². The van der Waals surface area contributed by atoms with Crippen molar-refractivity contribution in [2.45, 2.75) is 6.92 Å². The molecule has 0 radical (unpaired) electrons. The molecule has 0 aromatic heterocycles. The zero-order valence-corrected chi connectivity index (χ0v) is 10.5. The number of rotatable bonds is 1. The first-order valence-corrected chi connectivity index (χ1v) is 8.29. The van der Waals surface area contributed by atoms with E-state index < -0.39 is 0 Å². The molecule has 0 nitrogen and oxygen atoms in total. The molecule has 0 fully saturated rings. The molecule has 2 aromatic carbocycles. The molecule has 1 atom stereocenters. The van der Waals surface area contributed by atoms with Crippen molar-refractivity contribution in [1.82, 2.24) is 0 Å². The first-order chi connectivity index (χ1) is 6.31. The lowest BCUT2D eigenvalue weighted by Gasteiger charge is -2.04.